The molecule has 3 aromatic rings. The van der Waals surface area contributed by atoms with Crippen LogP contribution in [0.25, 0.3) is 11.1 Å². The number of nitrogens with zero attached hydrogens (tertiary/aromatic N) is 1. The Labute approximate surface area is 199 Å². The lowest BCUT2D eigenvalue weighted by Crippen LogP contribution is -2.55. The highest BCUT2D eigenvalue weighted by Gasteiger charge is 2.36. The number of hydrogen-bond acceptors (Lipinski definition) is 7. The molecule has 34 heavy (non-hydrogen) atoms. The fourth-order valence-corrected chi connectivity index (χ4v) is 4.59. The molecule has 10 heteroatoms. The van der Waals surface area contributed by atoms with E-state index in [9.17, 15) is 19.5 Å². The first-order valence-electron chi connectivity index (χ1n) is 10.4. The van der Waals surface area contributed by atoms with Crippen molar-refractivity contribution in [2.24, 2.45) is 0 Å². The number of amides is 2. The molecular weight excluding hydrogens is 458 g/mol. The number of carboxylic acids is 1. The molecule has 0 saturated heterocycles. The van der Waals surface area contributed by atoms with E-state index in [-0.39, 0.29) is 30.0 Å². The van der Waals surface area contributed by atoms with Gasteiger partial charge in [-0.05, 0) is 29.2 Å². The largest absolute Gasteiger partial charge is 0.479 e. The van der Waals surface area contributed by atoms with Gasteiger partial charge in [0.25, 0.3) is 5.91 Å². The van der Waals surface area contributed by atoms with E-state index in [0.717, 1.165) is 33.6 Å². The van der Waals surface area contributed by atoms with Crippen LogP contribution in [0.15, 0.2) is 53.9 Å². The fraction of sp³-hybridized carbons (Fsp3) is 0.250. The van der Waals surface area contributed by atoms with Crippen molar-refractivity contribution in [1.82, 2.24) is 10.3 Å². The Morgan fingerprint density at radius 1 is 1.09 bits per heavy atom. The zero-order valence-electron chi connectivity index (χ0n) is 18.5. The van der Waals surface area contributed by atoms with E-state index in [1.807, 2.05) is 36.4 Å². The van der Waals surface area contributed by atoms with Gasteiger partial charge in [0.1, 0.15) is 12.3 Å². The van der Waals surface area contributed by atoms with Gasteiger partial charge in [0.05, 0.1) is 6.61 Å². The summed E-state index contributed by atoms with van der Waals surface area (Å²) in [5.41, 5.74) is 2.82. The van der Waals surface area contributed by atoms with Crippen molar-refractivity contribution < 1.29 is 29.0 Å². The number of fused-ring (bicyclic) bond motifs is 3. The second-order valence-electron chi connectivity index (χ2n) is 8.01. The van der Waals surface area contributed by atoms with Crippen LogP contribution in [0.3, 0.4) is 0 Å². The third kappa shape index (κ3) is 4.63. The smallest absolute Gasteiger partial charge is 0.413 e. The molecule has 0 fully saturated rings. The highest BCUT2D eigenvalue weighted by Crippen LogP contribution is 2.44. The zero-order chi connectivity index (χ0) is 24.3. The monoisotopic (exact) mass is 481 g/mol. The van der Waals surface area contributed by atoms with Crippen LogP contribution in [0, 0.1) is 0 Å². The number of carboxylic acid groups (broad SMARTS) is 1. The van der Waals surface area contributed by atoms with Gasteiger partial charge in [-0.3, -0.25) is 10.1 Å². The van der Waals surface area contributed by atoms with Crippen molar-refractivity contribution in [1.29, 1.82) is 0 Å². The SMILES string of the molecule is COCC(C)(NC(=O)c1csc(NC(=O)OCC2c3ccccc3-c3ccccc32)n1)C(=O)O. The van der Waals surface area contributed by atoms with E-state index >= 15 is 0 Å². The average molecular weight is 482 g/mol. The highest BCUT2D eigenvalue weighted by molar-refractivity contribution is 7.14. The summed E-state index contributed by atoms with van der Waals surface area (Å²) in [7, 11) is 1.34. The summed E-state index contributed by atoms with van der Waals surface area (Å²) in [6.07, 6.45) is -0.696. The Kier molecular flexibility index (Phi) is 6.62. The molecule has 1 atom stereocenters. The molecule has 1 aliphatic rings. The Morgan fingerprint density at radius 2 is 1.71 bits per heavy atom. The van der Waals surface area contributed by atoms with E-state index < -0.39 is 23.5 Å². The number of thiazole rings is 1. The fourth-order valence-electron chi connectivity index (χ4n) is 3.91. The second-order valence-corrected chi connectivity index (χ2v) is 8.87. The minimum Gasteiger partial charge on any atom is -0.479 e. The molecule has 0 aliphatic heterocycles. The third-order valence-corrected chi connectivity index (χ3v) is 6.34. The predicted molar refractivity (Wildman–Crippen MR) is 126 cm³/mol. The van der Waals surface area contributed by atoms with Gasteiger partial charge in [-0.15, -0.1) is 11.3 Å². The van der Waals surface area contributed by atoms with Crippen molar-refractivity contribution in [3.8, 4) is 11.1 Å². The molecule has 0 radical (unpaired) electrons. The van der Waals surface area contributed by atoms with Gasteiger partial charge >= 0.3 is 12.1 Å². The number of anilines is 1. The molecule has 1 unspecified atom stereocenters. The number of aliphatic carboxylic acids is 1. The highest BCUT2D eigenvalue weighted by atomic mass is 32.1. The number of benzene rings is 2. The number of carbonyl (C=O) groups is 3. The Morgan fingerprint density at radius 3 is 2.29 bits per heavy atom. The number of aromatic nitrogens is 1. The van der Waals surface area contributed by atoms with Crippen LogP contribution in [0.5, 0.6) is 0 Å². The molecule has 0 saturated carbocycles. The molecule has 9 nitrogen and oxygen atoms in total. The van der Waals surface area contributed by atoms with Crippen molar-refractivity contribution >= 4 is 34.4 Å². The third-order valence-electron chi connectivity index (χ3n) is 5.58. The summed E-state index contributed by atoms with van der Waals surface area (Å²) in [5, 5.41) is 15.9. The maximum Gasteiger partial charge on any atom is 0.413 e. The molecule has 1 aromatic heterocycles. The number of nitrogens with one attached hydrogen (secondary N) is 2. The Hall–Kier alpha value is -3.76. The van der Waals surface area contributed by atoms with E-state index in [1.54, 1.807) is 0 Å². The predicted octanol–water partition coefficient (Wildman–Crippen LogP) is 3.72. The lowest BCUT2D eigenvalue weighted by molar-refractivity contribution is -0.145. The van der Waals surface area contributed by atoms with E-state index in [0.29, 0.717) is 0 Å². The lowest BCUT2D eigenvalue weighted by Gasteiger charge is -2.24. The van der Waals surface area contributed by atoms with Crippen LogP contribution in [-0.2, 0) is 14.3 Å². The number of rotatable bonds is 8. The molecule has 3 N–H and O–H groups in total. The van der Waals surface area contributed by atoms with Crippen molar-refractivity contribution in [3.05, 3.63) is 70.7 Å². The molecule has 176 valence electrons. The summed E-state index contributed by atoms with van der Waals surface area (Å²) in [4.78, 5) is 40.4. The topological polar surface area (TPSA) is 127 Å². The normalized spacial score (nSPS) is 13.9. The van der Waals surface area contributed by atoms with E-state index in [2.05, 4.69) is 27.8 Å². The molecule has 4 rings (SSSR count). The minimum atomic E-state index is -1.62. The minimum absolute atomic E-state index is 0.0254. The summed E-state index contributed by atoms with van der Waals surface area (Å²) in [5.74, 6) is -2.01. The average Bonchev–Trinajstić information content (AvgIpc) is 3.40. The summed E-state index contributed by atoms with van der Waals surface area (Å²) < 4.78 is 10.4. The number of ether oxygens (including phenoxy) is 2. The van der Waals surface area contributed by atoms with Gasteiger partial charge in [-0.2, -0.15) is 0 Å². The lowest BCUT2D eigenvalue weighted by atomic mass is 9.98. The van der Waals surface area contributed by atoms with Crippen molar-refractivity contribution in [2.45, 2.75) is 18.4 Å². The summed E-state index contributed by atoms with van der Waals surface area (Å²) >= 11 is 1.03. The van der Waals surface area contributed by atoms with Gasteiger partial charge in [0.2, 0.25) is 0 Å². The second kappa shape index (κ2) is 9.62. The summed E-state index contributed by atoms with van der Waals surface area (Å²) in [6.45, 7) is 1.26. The van der Waals surface area contributed by atoms with E-state index in [1.165, 1.54) is 19.4 Å². The first-order chi connectivity index (χ1) is 16.3. The van der Waals surface area contributed by atoms with Gasteiger partial charge in [-0.1, -0.05) is 48.5 Å². The van der Waals surface area contributed by atoms with E-state index in [4.69, 9.17) is 9.47 Å². The zero-order valence-corrected chi connectivity index (χ0v) is 19.3. The van der Waals surface area contributed by atoms with Crippen LogP contribution in [0.2, 0.25) is 0 Å². The van der Waals surface area contributed by atoms with Gasteiger partial charge < -0.3 is 19.9 Å². The standard InChI is InChI=1S/C24H23N3O6S/c1-24(13-32-2,21(29)30)27-20(28)19-12-34-22(25-19)26-23(31)33-11-18-16-9-5-3-7-14(16)15-8-4-6-10-17(15)18/h3-10,12,18H,11,13H2,1-2H3,(H,27,28)(H,29,30)(H,25,26,31). The molecule has 0 bridgehead atoms. The molecular formula is C24H23N3O6S. The maximum absolute atomic E-state index is 12.4. The van der Waals surface area contributed by atoms with Crippen molar-refractivity contribution in [2.75, 3.05) is 25.6 Å². The number of hydrogen-bond donors (Lipinski definition) is 3. The summed E-state index contributed by atoms with van der Waals surface area (Å²) in [6, 6.07) is 16.1. The van der Waals surface area contributed by atoms with Gasteiger partial charge in [-0.25, -0.2) is 14.6 Å². The van der Waals surface area contributed by atoms with Gasteiger partial charge in [0.15, 0.2) is 10.7 Å². The maximum atomic E-state index is 12.4. The van der Waals surface area contributed by atoms with Crippen molar-refractivity contribution in [3.63, 3.8) is 0 Å². The first-order valence-corrected chi connectivity index (χ1v) is 11.3. The van der Waals surface area contributed by atoms with Crippen LogP contribution >= 0.6 is 11.3 Å². The van der Waals surface area contributed by atoms with Crippen LogP contribution in [-0.4, -0.2) is 53.9 Å². The first kappa shape index (κ1) is 23.4. The number of carbonyl (C=O) groups excluding carboxylic acids is 2. The van der Waals surface area contributed by atoms with Crippen LogP contribution in [0.4, 0.5) is 9.93 Å². The molecule has 0 spiro atoms. The Bertz CT molecular complexity index is 1200. The van der Waals surface area contributed by atoms with Crippen LogP contribution < -0.4 is 10.6 Å². The van der Waals surface area contributed by atoms with Crippen LogP contribution in [0.1, 0.15) is 34.5 Å². The quantitative estimate of drug-likeness (QED) is 0.447. The molecule has 1 heterocycles. The molecule has 2 aromatic carbocycles. The molecule has 2 amide bonds. The molecule has 1 aliphatic carbocycles. The van der Waals surface area contributed by atoms with Gasteiger partial charge in [0, 0.05) is 18.4 Å². The number of methoxy groups -OCH3 is 1. The Balaban J connectivity index is 1.38.